The summed E-state index contributed by atoms with van der Waals surface area (Å²) in [5, 5.41) is 0. The van der Waals surface area contributed by atoms with Crippen molar-refractivity contribution in [2.24, 2.45) is 5.73 Å². The monoisotopic (exact) mass is 234 g/mol. The second-order valence-corrected chi connectivity index (χ2v) is 4.45. The van der Waals surface area contributed by atoms with Crippen LogP contribution in [-0.2, 0) is 6.54 Å². The van der Waals surface area contributed by atoms with Crippen molar-refractivity contribution in [1.29, 1.82) is 0 Å². The molecule has 0 aliphatic rings. The molecule has 0 bridgehead atoms. The maximum absolute atomic E-state index is 12.2. The number of carbonyl (C=O) groups is 1. The highest BCUT2D eigenvalue weighted by atomic mass is 16.2. The van der Waals surface area contributed by atoms with Crippen molar-refractivity contribution in [3.05, 3.63) is 35.4 Å². The lowest BCUT2D eigenvalue weighted by atomic mass is 10.1. The molecule has 1 aromatic rings. The highest BCUT2D eigenvalue weighted by molar-refractivity contribution is 5.94. The highest BCUT2D eigenvalue weighted by Gasteiger charge is 2.16. The standard InChI is InChI=1S/C14H22N2O/c1-4-5-11(2)16(3)14(17)13-8-6-12(10-15)7-9-13/h6-9,11H,4-5,10,15H2,1-3H3. The van der Waals surface area contributed by atoms with Crippen molar-refractivity contribution in [3.63, 3.8) is 0 Å². The summed E-state index contributed by atoms with van der Waals surface area (Å²) in [5.41, 5.74) is 7.30. The maximum atomic E-state index is 12.2. The average Bonchev–Trinajstić information content (AvgIpc) is 2.37. The van der Waals surface area contributed by atoms with Gasteiger partial charge >= 0.3 is 0 Å². The van der Waals surface area contributed by atoms with Gasteiger partial charge in [-0.1, -0.05) is 25.5 Å². The average molecular weight is 234 g/mol. The SMILES string of the molecule is CCCC(C)N(C)C(=O)c1ccc(CN)cc1. The molecular weight excluding hydrogens is 212 g/mol. The van der Waals surface area contributed by atoms with Gasteiger partial charge in [0, 0.05) is 25.2 Å². The number of rotatable bonds is 5. The van der Waals surface area contributed by atoms with Crippen LogP contribution in [0, 0.1) is 0 Å². The Morgan fingerprint density at radius 3 is 2.41 bits per heavy atom. The van der Waals surface area contributed by atoms with Crippen LogP contribution in [0.5, 0.6) is 0 Å². The van der Waals surface area contributed by atoms with Gasteiger partial charge in [-0.15, -0.1) is 0 Å². The summed E-state index contributed by atoms with van der Waals surface area (Å²) < 4.78 is 0. The van der Waals surface area contributed by atoms with Crippen molar-refractivity contribution in [1.82, 2.24) is 4.90 Å². The van der Waals surface area contributed by atoms with Crippen LogP contribution in [-0.4, -0.2) is 23.9 Å². The predicted molar refractivity (Wildman–Crippen MR) is 70.8 cm³/mol. The summed E-state index contributed by atoms with van der Waals surface area (Å²) >= 11 is 0. The van der Waals surface area contributed by atoms with E-state index in [1.807, 2.05) is 31.3 Å². The molecule has 1 rings (SSSR count). The molecule has 3 nitrogen and oxygen atoms in total. The van der Waals surface area contributed by atoms with Crippen molar-refractivity contribution in [2.75, 3.05) is 7.05 Å². The second-order valence-electron chi connectivity index (χ2n) is 4.45. The summed E-state index contributed by atoms with van der Waals surface area (Å²) in [6.07, 6.45) is 2.12. The van der Waals surface area contributed by atoms with Crippen molar-refractivity contribution in [3.8, 4) is 0 Å². The third kappa shape index (κ3) is 3.56. The first-order valence-electron chi connectivity index (χ1n) is 6.16. The molecule has 3 heteroatoms. The number of nitrogens with two attached hydrogens (primary N) is 1. The predicted octanol–water partition coefficient (Wildman–Crippen LogP) is 2.41. The van der Waals surface area contributed by atoms with Crippen molar-refractivity contribution < 1.29 is 4.79 Å². The second kappa shape index (κ2) is 6.40. The van der Waals surface area contributed by atoms with Gasteiger partial charge < -0.3 is 10.6 Å². The van der Waals surface area contributed by atoms with E-state index in [2.05, 4.69) is 13.8 Å². The van der Waals surface area contributed by atoms with Crippen LogP contribution >= 0.6 is 0 Å². The Balaban J connectivity index is 2.74. The van der Waals surface area contributed by atoms with Crippen LogP contribution in [0.15, 0.2) is 24.3 Å². The largest absolute Gasteiger partial charge is 0.339 e. The first-order chi connectivity index (χ1) is 8.10. The summed E-state index contributed by atoms with van der Waals surface area (Å²) in [7, 11) is 1.86. The number of benzene rings is 1. The van der Waals surface area contributed by atoms with Gasteiger partial charge in [-0.2, -0.15) is 0 Å². The van der Waals surface area contributed by atoms with Gasteiger partial charge in [0.1, 0.15) is 0 Å². The molecule has 0 aliphatic carbocycles. The Bertz CT molecular complexity index is 359. The Morgan fingerprint density at radius 2 is 1.94 bits per heavy atom. The van der Waals surface area contributed by atoms with Gasteiger partial charge in [-0.3, -0.25) is 4.79 Å². The van der Waals surface area contributed by atoms with E-state index in [0.29, 0.717) is 6.54 Å². The molecule has 1 atom stereocenters. The minimum absolute atomic E-state index is 0.0783. The van der Waals surface area contributed by atoms with Crippen LogP contribution in [0.3, 0.4) is 0 Å². The zero-order valence-corrected chi connectivity index (χ0v) is 10.9. The smallest absolute Gasteiger partial charge is 0.253 e. The Hall–Kier alpha value is -1.35. The van der Waals surface area contributed by atoms with Gasteiger partial charge in [0.15, 0.2) is 0 Å². The minimum Gasteiger partial charge on any atom is -0.339 e. The first-order valence-corrected chi connectivity index (χ1v) is 6.16. The van der Waals surface area contributed by atoms with Crippen LogP contribution < -0.4 is 5.73 Å². The van der Waals surface area contributed by atoms with Crippen molar-refractivity contribution >= 4 is 5.91 Å². The van der Waals surface area contributed by atoms with Gasteiger partial charge in [-0.25, -0.2) is 0 Å². The van der Waals surface area contributed by atoms with E-state index < -0.39 is 0 Å². The zero-order chi connectivity index (χ0) is 12.8. The van der Waals surface area contributed by atoms with E-state index in [-0.39, 0.29) is 11.9 Å². The van der Waals surface area contributed by atoms with E-state index in [4.69, 9.17) is 5.73 Å². The maximum Gasteiger partial charge on any atom is 0.253 e. The number of amides is 1. The first kappa shape index (κ1) is 13.7. The van der Waals surface area contributed by atoms with Gasteiger partial charge in [-0.05, 0) is 31.0 Å². The molecule has 0 saturated heterocycles. The molecule has 0 radical (unpaired) electrons. The summed E-state index contributed by atoms with van der Waals surface area (Å²) in [5.74, 6) is 0.0783. The third-order valence-corrected chi connectivity index (χ3v) is 3.12. The summed E-state index contributed by atoms with van der Waals surface area (Å²) in [6.45, 7) is 4.72. The number of hydrogen-bond acceptors (Lipinski definition) is 2. The van der Waals surface area contributed by atoms with Crippen LogP contribution in [0.2, 0.25) is 0 Å². The number of hydrogen-bond donors (Lipinski definition) is 1. The molecule has 2 N–H and O–H groups in total. The Morgan fingerprint density at radius 1 is 1.35 bits per heavy atom. The molecular formula is C14H22N2O. The summed E-state index contributed by atoms with van der Waals surface area (Å²) in [6, 6.07) is 7.79. The van der Waals surface area contributed by atoms with Gasteiger partial charge in [0.2, 0.25) is 0 Å². The lowest BCUT2D eigenvalue weighted by molar-refractivity contribution is 0.0737. The van der Waals surface area contributed by atoms with E-state index in [1.165, 1.54) is 0 Å². The van der Waals surface area contributed by atoms with Crippen LogP contribution in [0.1, 0.15) is 42.6 Å². The molecule has 0 heterocycles. The molecule has 1 unspecified atom stereocenters. The van der Waals surface area contributed by atoms with E-state index in [1.54, 1.807) is 4.90 Å². The van der Waals surface area contributed by atoms with E-state index >= 15 is 0 Å². The highest BCUT2D eigenvalue weighted by Crippen LogP contribution is 2.11. The van der Waals surface area contributed by atoms with E-state index in [9.17, 15) is 4.79 Å². The van der Waals surface area contributed by atoms with E-state index in [0.717, 1.165) is 24.0 Å². The lowest BCUT2D eigenvalue weighted by Gasteiger charge is -2.24. The fraction of sp³-hybridized carbons (Fsp3) is 0.500. The normalized spacial score (nSPS) is 12.2. The van der Waals surface area contributed by atoms with Crippen LogP contribution in [0.25, 0.3) is 0 Å². The number of carbonyl (C=O) groups excluding carboxylic acids is 1. The van der Waals surface area contributed by atoms with Gasteiger partial charge in [0.05, 0.1) is 0 Å². The fourth-order valence-corrected chi connectivity index (χ4v) is 1.80. The summed E-state index contributed by atoms with van der Waals surface area (Å²) in [4.78, 5) is 14.0. The Kier molecular flexibility index (Phi) is 5.16. The Labute approximate surface area is 104 Å². The molecule has 0 fully saturated rings. The molecule has 0 saturated carbocycles. The zero-order valence-electron chi connectivity index (χ0n) is 10.9. The van der Waals surface area contributed by atoms with Crippen molar-refractivity contribution in [2.45, 2.75) is 39.3 Å². The van der Waals surface area contributed by atoms with Gasteiger partial charge in [0.25, 0.3) is 5.91 Å². The molecule has 17 heavy (non-hydrogen) atoms. The topological polar surface area (TPSA) is 46.3 Å². The molecule has 0 aromatic heterocycles. The molecule has 0 spiro atoms. The molecule has 0 aliphatic heterocycles. The van der Waals surface area contributed by atoms with Crippen LogP contribution in [0.4, 0.5) is 0 Å². The minimum atomic E-state index is 0.0783. The molecule has 1 aromatic carbocycles. The molecule has 94 valence electrons. The third-order valence-electron chi connectivity index (χ3n) is 3.12. The quantitative estimate of drug-likeness (QED) is 0.850. The fourth-order valence-electron chi connectivity index (χ4n) is 1.80. The lowest BCUT2D eigenvalue weighted by Crippen LogP contribution is -2.34. The molecule has 1 amide bonds. The number of nitrogens with zero attached hydrogens (tertiary/aromatic N) is 1.